The Hall–Kier alpha value is -3.85. The van der Waals surface area contributed by atoms with Gasteiger partial charge in [-0.1, -0.05) is 0 Å². The fourth-order valence-corrected chi connectivity index (χ4v) is 4.52. The van der Waals surface area contributed by atoms with Gasteiger partial charge in [0.05, 0.1) is 30.6 Å². The zero-order chi connectivity index (χ0) is 28.7. The van der Waals surface area contributed by atoms with Gasteiger partial charge >= 0.3 is 12.1 Å². The number of rotatable bonds is 8. The largest absolute Gasteiger partial charge is 0.477 e. The van der Waals surface area contributed by atoms with Gasteiger partial charge in [0.2, 0.25) is 17.7 Å². The number of nitrogens with zero attached hydrogens (tertiary/aromatic N) is 7. The van der Waals surface area contributed by atoms with Gasteiger partial charge in [-0.15, -0.1) is 0 Å². The summed E-state index contributed by atoms with van der Waals surface area (Å²) in [5.41, 5.74) is -0.980. The molecule has 40 heavy (non-hydrogen) atoms. The highest BCUT2D eigenvalue weighted by Gasteiger charge is 2.36. The van der Waals surface area contributed by atoms with Gasteiger partial charge in [-0.2, -0.15) is 4.98 Å². The number of carbonyl (C=O) groups is 2. The minimum absolute atomic E-state index is 0.0111. The molecule has 2 aliphatic heterocycles. The maximum Gasteiger partial charge on any atom is 0.414 e. The van der Waals surface area contributed by atoms with Crippen molar-refractivity contribution in [1.82, 2.24) is 35.1 Å². The molecule has 14 nitrogen and oxygen atoms in total. The summed E-state index contributed by atoms with van der Waals surface area (Å²) in [5.74, 6) is 0.788. The highest BCUT2D eigenvalue weighted by Crippen LogP contribution is 2.24. The molecule has 0 spiro atoms. The third kappa shape index (κ3) is 7.63. The van der Waals surface area contributed by atoms with Crippen molar-refractivity contribution in [1.29, 1.82) is 0 Å². The van der Waals surface area contributed by atoms with Gasteiger partial charge in [0.1, 0.15) is 6.17 Å². The third-order valence-corrected chi connectivity index (χ3v) is 7.05. The summed E-state index contributed by atoms with van der Waals surface area (Å²) >= 11 is 0. The van der Waals surface area contributed by atoms with Gasteiger partial charge in [-0.3, -0.25) is 5.32 Å². The van der Waals surface area contributed by atoms with E-state index in [4.69, 9.17) is 9.47 Å². The number of hydrogen-bond acceptors (Lipinski definition) is 11. The van der Waals surface area contributed by atoms with E-state index in [2.05, 4.69) is 35.5 Å². The fourth-order valence-electron chi connectivity index (χ4n) is 4.52. The third-order valence-electron chi connectivity index (χ3n) is 7.05. The van der Waals surface area contributed by atoms with Crippen molar-refractivity contribution >= 4 is 23.9 Å². The van der Waals surface area contributed by atoms with E-state index < -0.39 is 29.9 Å². The number of piperidine rings is 2. The van der Waals surface area contributed by atoms with Crippen molar-refractivity contribution in [3.05, 3.63) is 24.7 Å². The van der Waals surface area contributed by atoms with Crippen molar-refractivity contribution in [3.8, 4) is 11.8 Å². The number of ether oxygens (including phenoxy) is 2. The summed E-state index contributed by atoms with van der Waals surface area (Å²) in [5, 5.41) is 15.9. The number of hydrogen-bond donors (Lipinski definition) is 3. The Balaban J connectivity index is 1.32. The van der Waals surface area contributed by atoms with Crippen LogP contribution in [-0.4, -0.2) is 118 Å². The number of carbonyl (C=O) groups excluding carboxylic acids is 2. The molecular weight excluding hydrogens is 525 g/mol. The Kier molecular flexibility index (Phi) is 9.47. The normalized spacial score (nSPS) is 20.9. The van der Waals surface area contributed by atoms with E-state index in [-0.39, 0.29) is 37.2 Å². The molecule has 0 saturated carbocycles. The van der Waals surface area contributed by atoms with Gasteiger partial charge in [0, 0.05) is 52.0 Å². The number of aliphatic hydroxyl groups is 1. The van der Waals surface area contributed by atoms with Gasteiger partial charge in [-0.25, -0.2) is 28.9 Å². The van der Waals surface area contributed by atoms with Gasteiger partial charge in [0.15, 0.2) is 5.82 Å². The number of likely N-dealkylation sites (tertiary alicyclic amines) is 1. The van der Waals surface area contributed by atoms with E-state index in [0.29, 0.717) is 31.9 Å². The van der Waals surface area contributed by atoms with Crippen LogP contribution in [0.15, 0.2) is 24.7 Å². The number of aromatic nitrogens is 4. The molecule has 15 heteroatoms. The van der Waals surface area contributed by atoms with Crippen molar-refractivity contribution in [2.24, 2.45) is 0 Å². The van der Waals surface area contributed by atoms with Crippen LogP contribution in [0, 0.1) is 0 Å². The van der Waals surface area contributed by atoms with Crippen LogP contribution < -0.4 is 25.0 Å². The minimum Gasteiger partial charge on any atom is -0.477 e. The Morgan fingerprint density at radius 1 is 1.20 bits per heavy atom. The second-order valence-electron chi connectivity index (χ2n) is 10.00. The molecule has 0 aliphatic carbocycles. The number of urea groups is 1. The molecule has 4 rings (SSSR count). The molecule has 0 radical (unpaired) electrons. The first-order chi connectivity index (χ1) is 19.2. The maximum atomic E-state index is 14.9. The quantitative estimate of drug-likeness (QED) is 0.426. The summed E-state index contributed by atoms with van der Waals surface area (Å²) in [4.78, 5) is 47.0. The standard InChI is InChI=1S/C25H36FN9O5/c1-4-39-21-14-28-19(13-29-21)31-23(36)34(3)18-15-35(10-6-17(18)26)22-27-9-5-20(32-22)40-24(37)30-16-25(38)7-11-33(2)12-8-25/h5,9,13-14,17-18,38H,4,6-8,10-12,15-16H2,1-3H3,(H,30,37)(H,28,31,36)/t17-,18+/m1/s1. The number of anilines is 2. The lowest BCUT2D eigenvalue weighted by molar-refractivity contribution is -0.0132. The van der Waals surface area contributed by atoms with Gasteiger partial charge in [-0.05, 0) is 33.2 Å². The van der Waals surface area contributed by atoms with Crippen LogP contribution >= 0.6 is 0 Å². The monoisotopic (exact) mass is 561 g/mol. The molecule has 2 aliphatic rings. The lowest BCUT2D eigenvalue weighted by atomic mass is 9.92. The first-order valence-electron chi connectivity index (χ1n) is 13.2. The Morgan fingerprint density at radius 2 is 1.98 bits per heavy atom. The molecule has 2 saturated heterocycles. The summed E-state index contributed by atoms with van der Waals surface area (Å²) in [7, 11) is 3.48. The number of alkyl halides is 1. The van der Waals surface area contributed by atoms with Gasteiger partial charge < -0.3 is 34.6 Å². The van der Waals surface area contributed by atoms with Gasteiger partial charge in [0.25, 0.3) is 0 Å². The first-order valence-corrected chi connectivity index (χ1v) is 13.2. The molecule has 0 aromatic carbocycles. The molecule has 2 atom stereocenters. The van der Waals surface area contributed by atoms with E-state index in [1.165, 1.54) is 36.6 Å². The Bertz CT molecular complexity index is 1150. The Labute approximate surface area is 231 Å². The average molecular weight is 562 g/mol. The van der Waals surface area contributed by atoms with Crippen LogP contribution in [0.25, 0.3) is 0 Å². The number of halogens is 1. The molecule has 218 valence electrons. The van der Waals surface area contributed by atoms with E-state index >= 15 is 0 Å². The van der Waals surface area contributed by atoms with Crippen LogP contribution in [-0.2, 0) is 0 Å². The SMILES string of the molecule is CCOc1cnc(NC(=O)N(C)[C@H]2CN(c3nccc(OC(=O)NCC4(O)CCN(C)CC4)n3)CC[C@H]2F)cn1. The van der Waals surface area contributed by atoms with E-state index in [1.54, 1.807) is 4.90 Å². The summed E-state index contributed by atoms with van der Waals surface area (Å²) in [6.45, 7) is 4.25. The molecule has 2 aromatic heterocycles. The smallest absolute Gasteiger partial charge is 0.414 e. The van der Waals surface area contributed by atoms with Crippen LogP contribution in [0.4, 0.5) is 25.7 Å². The second kappa shape index (κ2) is 13.0. The summed E-state index contributed by atoms with van der Waals surface area (Å²) in [6.07, 6.45) is 3.42. The highest BCUT2D eigenvalue weighted by atomic mass is 19.1. The predicted molar refractivity (Wildman–Crippen MR) is 143 cm³/mol. The van der Waals surface area contributed by atoms with Crippen molar-refractivity contribution < 1.29 is 28.6 Å². The van der Waals surface area contributed by atoms with Crippen molar-refractivity contribution in [3.63, 3.8) is 0 Å². The van der Waals surface area contributed by atoms with Crippen molar-refractivity contribution in [2.45, 2.75) is 44.0 Å². The molecular formula is C25H36FN9O5. The fraction of sp³-hybridized carbons (Fsp3) is 0.600. The average Bonchev–Trinajstić information content (AvgIpc) is 2.95. The Morgan fingerprint density at radius 3 is 2.67 bits per heavy atom. The summed E-state index contributed by atoms with van der Waals surface area (Å²) < 4.78 is 25.5. The van der Waals surface area contributed by atoms with Crippen LogP contribution in [0.1, 0.15) is 26.2 Å². The van der Waals surface area contributed by atoms with E-state index in [1.807, 2.05) is 14.0 Å². The zero-order valence-corrected chi connectivity index (χ0v) is 22.9. The highest BCUT2D eigenvalue weighted by molar-refractivity contribution is 5.88. The topological polar surface area (TPSA) is 158 Å². The van der Waals surface area contributed by atoms with E-state index in [9.17, 15) is 19.1 Å². The van der Waals surface area contributed by atoms with Crippen LogP contribution in [0.2, 0.25) is 0 Å². The molecule has 4 heterocycles. The molecule has 3 amide bonds. The number of nitrogens with one attached hydrogen (secondary N) is 2. The van der Waals surface area contributed by atoms with Crippen molar-refractivity contribution in [2.75, 3.05) is 63.6 Å². The lowest BCUT2D eigenvalue weighted by Gasteiger charge is -2.39. The van der Waals surface area contributed by atoms with E-state index in [0.717, 1.165) is 13.1 Å². The summed E-state index contributed by atoms with van der Waals surface area (Å²) in [6, 6.07) is 0.0922. The minimum atomic E-state index is -1.27. The van der Waals surface area contributed by atoms with Crippen LogP contribution in [0.3, 0.4) is 0 Å². The number of likely N-dealkylation sites (N-methyl/N-ethyl adjacent to an activating group) is 1. The second-order valence-corrected chi connectivity index (χ2v) is 10.00. The molecule has 2 aromatic rings. The first kappa shape index (κ1) is 29.1. The zero-order valence-electron chi connectivity index (χ0n) is 22.9. The lowest BCUT2D eigenvalue weighted by Crippen LogP contribution is -2.55. The molecule has 0 unspecified atom stereocenters. The number of amides is 3. The van der Waals surface area contributed by atoms with Crippen LogP contribution in [0.5, 0.6) is 11.8 Å². The maximum absolute atomic E-state index is 14.9. The molecule has 3 N–H and O–H groups in total. The predicted octanol–water partition coefficient (Wildman–Crippen LogP) is 1.29. The molecule has 0 bridgehead atoms. The molecule has 2 fully saturated rings.